The molecule has 0 aliphatic heterocycles. The Morgan fingerprint density at radius 1 is 1.12 bits per heavy atom. The van der Waals surface area contributed by atoms with Crippen LogP contribution in [-0.4, -0.2) is 31.6 Å². The molecule has 1 atom stereocenters. The Bertz CT molecular complexity index is 967. The highest BCUT2D eigenvalue weighted by Crippen LogP contribution is 2.55. The van der Waals surface area contributed by atoms with Gasteiger partial charge in [-0.1, -0.05) is 37.7 Å². The molecule has 4 saturated carbocycles. The summed E-state index contributed by atoms with van der Waals surface area (Å²) in [6, 6.07) is 8.05. The highest BCUT2D eigenvalue weighted by Gasteiger charge is 2.51. The molecule has 2 aromatic rings. The van der Waals surface area contributed by atoms with Gasteiger partial charge < -0.3 is 15.9 Å². The van der Waals surface area contributed by atoms with E-state index in [1.54, 1.807) is 0 Å². The molecule has 0 radical (unpaired) electrons. The van der Waals surface area contributed by atoms with Crippen LogP contribution in [0.5, 0.6) is 5.75 Å². The maximum absolute atomic E-state index is 13.1. The minimum absolute atomic E-state index is 0.0150. The molecule has 0 saturated heterocycles. The molecule has 0 spiro atoms. The Morgan fingerprint density at radius 3 is 2.30 bits per heavy atom. The SMILES string of the molecule is CC(Sc1nnc(COc2ccc(C(C)C)cc2)n1N)C(=O)NC12CC3CC(CC(C3)C1)C2. The van der Waals surface area contributed by atoms with Crippen LogP contribution < -0.4 is 15.9 Å². The molecular formula is C25H35N5O2S. The normalized spacial score (nSPS) is 28.8. The largest absolute Gasteiger partial charge is 0.486 e. The topological polar surface area (TPSA) is 95.1 Å². The van der Waals surface area contributed by atoms with Crippen LogP contribution >= 0.6 is 11.8 Å². The van der Waals surface area contributed by atoms with E-state index in [1.165, 1.54) is 41.3 Å². The number of amides is 1. The van der Waals surface area contributed by atoms with Crippen molar-refractivity contribution in [1.29, 1.82) is 0 Å². The van der Waals surface area contributed by atoms with Gasteiger partial charge in [0.25, 0.3) is 0 Å². The van der Waals surface area contributed by atoms with Crippen molar-refractivity contribution in [3.63, 3.8) is 0 Å². The number of carbonyl (C=O) groups excluding carboxylic acids is 1. The first-order valence-corrected chi connectivity index (χ1v) is 13.1. The molecule has 4 fully saturated rings. The van der Waals surface area contributed by atoms with Crippen LogP contribution in [0.2, 0.25) is 0 Å². The number of hydrogen-bond donors (Lipinski definition) is 2. The summed E-state index contributed by atoms with van der Waals surface area (Å²) >= 11 is 1.35. The lowest BCUT2D eigenvalue weighted by atomic mass is 9.53. The van der Waals surface area contributed by atoms with Crippen LogP contribution in [0.4, 0.5) is 0 Å². The fourth-order valence-electron chi connectivity index (χ4n) is 6.42. The average molecular weight is 470 g/mol. The fourth-order valence-corrected chi connectivity index (χ4v) is 7.21. The molecule has 7 nitrogen and oxygen atoms in total. The molecule has 1 amide bonds. The average Bonchev–Trinajstić information content (AvgIpc) is 3.10. The molecule has 8 heteroatoms. The summed E-state index contributed by atoms with van der Waals surface area (Å²) in [5, 5.41) is 12.1. The summed E-state index contributed by atoms with van der Waals surface area (Å²) in [5.74, 6) is 10.5. The molecule has 6 rings (SSSR count). The number of carbonyl (C=O) groups is 1. The monoisotopic (exact) mass is 469 g/mol. The second-order valence-corrected chi connectivity index (χ2v) is 12.0. The number of nitrogens with zero attached hydrogens (tertiary/aromatic N) is 3. The summed E-state index contributed by atoms with van der Waals surface area (Å²) < 4.78 is 7.27. The van der Waals surface area contributed by atoms with Gasteiger partial charge in [0, 0.05) is 5.54 Å². The van der Waals surface area contributed by atoms with Gasteiger partial charge in [0.05, 0.1) is 5.25 Å². The molecule has 1 unspecified atom stereocenters. The number of ether oxygens (including phenoxy) is 1. The molecule has 1 aromatic carbocycles. The van der Waals surface area contributed by atoms with E-state index in [9.17, 15) is 4.79 Å². The van der Waals surface area contributed by atoms with Crippen LogP contribution in [0.3, 0.4) is 0 Å². The first-order chi connectivity index (χ1) is 15.8. The van der Waals surface area contributed by atoms with Gasteiger partial charge in [-0.15, -0.1) is 10.2 Å². The van der Waals surface area contributed by atoms with Crippen molar-refractivity contribution in [2.45, 2.75) is 87.8 Å². The summed E-state index contributed by atoms with van der Waals surface area (Å²) in [6.07, 6.45) is 7.53. The standard InChI is InChI=1S/C25H35N5O2S/c1-15(2)20-4-6-21(7-5-20)32-14-22-28-29-24(30(22)26)33-16(3)23(31)27-25-11-17-8-18(12-25)10-19(9-17)13-25/h4-7,15-19H,8-14,26H2,1-3H3,(H,27,31). The van der Waals surface area contributed by atoms with Crippen LogP contribution in [-0.2, 0) is 11.4 Å². The third-order valence-electron chi connectivity index (χ3n) is 7.73. The van der Waals surface area contributed by atoms with Crippen LogP contribution in [0, 0.1) is 17.8 Å². The van der Waals surface area contributed by atoms with E-state index in [1.807, 2.05) is 19.1 Å². The van der Waals surface area contributed by atoms with Gasteiger partial charge in [0.15, 0.2) is 5.82 Å². The van der Waals surface area contributed by atoms with Gasteiger partial charge in [0.2, 0.25) is 11.1 Å². The van der Waals surface area contributed by atoms with Crippen LogP contribution in [0.1, 0.15) is 76.6 Å². The predicted molar refractivity (Wildman–Crippen MR) is 129 cm³/mol. The summed E-state index contributed by atoms with van der Waals surface area (Å²) in [5.41, 5.74) is 1.28. The van der Waals surface area contributed by atoms with E-state index in [4.69, 9.17) is 10.6 Å². The lowest BCUT2D eigenvalue weighted by molar-refractivity contribution is -0.126. The zero-order valence-corrected chi connectivity index (χ0v) is 20.6. The third-order valence-corrected chi connectivity index (χ3v) is 8.78. The molecular weight excluding hydrogens is 434 g/mol. The van der Waals surface area contributed by atoms with Gasteiger partial charge in [-0.05, 0) is 86.8 Å². The lowest BCUT2D eigenvalue weighted by Gasteiger charge is -2.57. The summed E-state index contributed by atoms with van der Waals surface area (Å²) in [7, 11) is 0. The van der Waals surface area contributed by atoms with E-state index in [2.05, 4.69) is 41.5 Å². The number of rotatable bonds is 8. The number of thioether (sulfide) groups is 1. The van der Waals surface area contributed by atoms with E-state index >= 15 is 0 Å². The molecule has 4 aliphatic rings. The van der Waals surface area contributed by atoms with Crippen molar-refractivity contribution in [3.8, 4) is 5.75 Å². The molecule has 4 bridgehead atoms. The number of hydrogen-bond acceptors (Lipinski definition) is 6. The maximum atomic E-state index is 13.1. The van der Waals surface area contributed by atoms with E-state index in [0.29, 0.717) is 16.9 Å². The minimum Gasteiger partial charge on any atom is -0.486 e. The van der Waals surface area contributed by atoms with Crippen molar-refractivity contribution in [2.75, 3.05) is 5.84 Å². The minimum atomic E-state index is -0.290. The van der Waals surface area contributed by atoms with Crippen molar-refractivity contribution in [3.05, 3.63) is 35.7 Å². The Labute approximate surface area is 200 Å². The Balaban J connectivity index is 1.16. The lowest BCUT2D eigenvalue weighted by Crippen LogP contribution is -2.60. The van der Waals surface area contributed by atoms with Crippen LogP contribution in [0.15, 0.2) is 29.4 Å². The maximum Gasteiger partial charge on any atom is 0.233 e. The first kappa shape index (κ1) is 22.6. The summed E-state index contributed by atoms with van der Waals surface area (Å²) in [4.78, 5) is 13.1. The molecule has 3 N–H and O–H groups in total. The van der Waals surface area contributed by atoms with Crippen molar-refractivity contribution in [2.24, 2.45) is 17.8 Å². The molecule has 178 valence electrons. The van der Waals surface area contributed by atoms with Crippen molar-refractivity contribution in [1.82, 2.24) is 20.2 Å². The van der Waals surface area contributed by atoms with Crippen LogP contribution in [0.25, 0.3) is 0 Å². The second kappa shape index (κ2) is 8.85. The number of nitrogens with two attached hydrogens (primary N) is 1. The van der Waals surface area contributed by atoms with Gasteiger partial charge in [-0.2, -0.15) is 0 Å². The van der Waals surface area contributed by atoms with Gasteiger partial charge in [0.1, 0.15) is 12.4 Å². The zero-order valence-electron chi connectivity index (χ0n) is 19.8. The Hall–Kier alpha value is -2.22. The Kier molecular flexibility index (Phi) is 6.05. The van der Waals surface area contributed by atoms with E-state index in [0.717, 1.165) is 42.8 Å². The number of nitrogen functional groups attached to an aromatic ring is 1. The smallest absolute Gasteiger partial charge is 0.233 e. The highest BCUT2D eigenvalue weighted by atomic mass is 32.2. The molecule has 1 aromatic heterocycles. The fraction of sp³-hybridized carbons (Fsp3) is 0.640. The van der Waals surface area contributed by atoms with E-state index < -0.39 is 0 Å². The predicted octanol–water partition coefficient (Wildman–Crippen LogP) is 4.26. The highest BCUT2D eigenvalue weighted by molar-refractivity contribution is 8.00. The molecule has 4 aliphatic carbocycles. The molecule has 1 heterocycles. The zero-order chi connectivity index (χ0) is 23.2. The Morgan fingerprint density at radius 2 is 1.73 bits per heavy atom. The van der Waals surface area contributed by atoms with Gasteiger partial charge >= 0.3 is 0 Å². The first-order valence-electron chi connectivity index (χ1n) is 12.2. The number of aromatic nitrogens is 3. The van der Waals surface area contributed by atoms with Crippen molar-refractivity contribution >= 4 is 17.7 Å². The van der Waals surface area contributed by atoms with E-state index in [-0.39, 0.29) is 23.3 Å². The summed E-state index contributed by atoms with van der Waals surface area (Å²) in [6.45, 7) is 6.47. The quantitative estimate of drug-likeness (QED) is 0.443. The van der Waals surface area contributed by atoms with Gasteiger partial charge in [-0.3, -0.25) is 4.79 Å². The molecule has 33 heavy (non-hydrogen) atoms. The van der Waals surface area contributed by atoms with Crippen molar-refractivity contribution < 1.29 is 9.53 Å². The number of benzene rings is 1. The van der Waals surface area contributed by atoms with Gasteiger partial charge in [-0.25, -0.2) is 4.68 Å². The third kappa shape index (κ3) is 4.72. The number of nitrogens with one attached hydrogen (secondary N) is 1. The second-order valence-electron chi connectivity index (χ2n) is 10.7.